The predicted molar refractivity (Wildman–Crippen MR) is 92.7 cm³/mol. The molecule has 0 amide bonds. The van der Waals surface area contributed by atoms with Gasteiger partial charge in [0.05, 0.1) is 26.8 Å². The summed E-state index contributed by atoms with van der Waals surface area (Å²) in [6.07, 6.45) is 0. The topological polar surface area (TPSA) is 64.1 Å². The van der Waals surface area contributed by atoms with E-state index < -0.39 is 5.63 Å². The number of fused-ring (bicyclic) bond motifs is 1. The highest BCUT2D eigenvalue weighted by Gasteiger charge is 2.16. The summed E-state index contributed by atoms with van der Waals surface area (Å²) in [5.41, 5.74) is 2.31. The van der Waals surface area contributed by atoms with Crippen molar-refractivity contribution >= 4 is 11.0 Å². The molecular formula is C19H20NO4+. The molecular weight excluding hydrogens is 306 g/mol. The quantitative estimate of drug-likeness (QED) is 0.718. The van der Waals surface area contributed by atoms with Crippen molar-refractivity contribution in [3.05, 3.63) is 58.4 Å². The van der Waals surface area contributed by atoms with Gasteiger partial charge in [-0.1, -0.05) is 12.1 Å². The molecule has 0 atom stereocenters. The zero-order chi connectivity index (χ0) is 17.3. The number of nitrogens with one attached hydrogen (secondary N) is 1. The lowest BCUT2D eigenvalue weighted by molar-refractivity contribution is -0.872. The van der Waals surface area contributed by atoms with Crippen LogP contribution in [-0.4, -0.2) is 26.3 Å². The first-order valence-electron chi connectivity index (χ1n) is 7.71. The van der Waals surface area contributed by atoms with Crippen LogP contribution < -0.4 is 15.3 Å². The molecule has 0 aliphatic heterocycles. The van der Waals surface area contributed by atoms with Gasteiger partial charge in [-0.15, -0.1) is 0 Å². The minimum Gasteiger partial charge on any atom is -0.507 e. The number of rotatable bonds is 4. The van der Waals surface area contributed by atoms with Crippen LogP contribution in [0.5, 0.6) is 11.5 Å². The molecule has 0 unspecified atom stereocenters. The summed E-state index contributed by atoms with van der Waals surface area (Å²) >= 11 is 0. The summed E-state index contributed by atoms with van der Waals surface area (Å²) in [4.78, 5) is 13.2. The van der Waals surface area contributed by atoms with Crippen LogP contribution in [0, 0.1) is 0 Å². The molecule has 0 saturated carbocycles. The Kier molecular flexibility index (Phi) is 4.27. The van der Waals surface area contributed by atoms with E-state index in [9.17, 15) is 9.90 Å². The van der Waals surface area contributed by atoms with Crippen LogP contribution in [0.1, 0.15) is 5.56 Å². The number of hydrogen-bond acceptors (Lipinski definition) is 4. The molecule has 3 rings (SSSR count). The number of phenols is 1. The Bertz CT molecular complexity index is 926. The van der Waals surface area contributed by atoms with Gasteiger partial charge in [0.15, 0.2) is 5.58 Å². The normalized spacial score (nSPS) is 11.2. The Morgan fingerprint density at radius 3 is 2.46 bits per heavy atom. The maximum absolute atomic E-state index is 12.1. The molecule has 0 aliphatic carbocycles. The molecule has 5 nitrogen and oxygen atoms in total. The summed E-state index contributed by atoms with van der Waals surface area (Å²) in [5, 5.41) is 11.0. The van der Waals surface area contributed by atoms with E-state index in [2.05, 4.69) is 0 Å². The molecule has 0 spiro atoms. The fourth-order valence-electron chi connectivity index (χ4n) is 2.81. The van der Waals surface area contributed by atoms with Gasteiger partial charge in [0.25, 0.3) is 0 Å². The van der Waals surface area contributed by atoms with Crippen molar-refractivity contribution in [2.75, 3.05) is 21.2 Å². The number of aromatic hydroxyl groups is 1. The van der Waals surface area contributed by atoms with Crippen LogP contribution in [0.25, 0.3) is 22.1 Å². The predicted octanol–water partition coefficient (Wildman–Crippen LogP) is 1.82. The molecule has 0 saturated heterocycles. The molecule has 24 heavy (non-hydrogen) atoms. The largest absolute Gasteiger partial charge is 0.507 e. The van der Waals surface area contributed by atoms with Gasteiger partial charge in [-0.3, -0.25) is 0 Å². The smallest absolute Gasteiger partial charge is 0.336 e. The third-order valence-corrected chi connectivity index (χ3v) is 3.92. The maximum atomic E-state index is 12.1. The number of hydrogen-bond donors (Lipinski definition) is 2. The van der Waals surface area contributed by atoms with Crippen LogP contribution in [0.15, 0.2) is 51.7 Å². The molecule has 5 heteroatoms. The van der Waals surface area contributed by atoms with E-state index >= 15 is 0 Å². The first kappa shape index (κ1) is 16.1. The SMILES string of the molecule is COc1ccc(-c2cc(=O)oc3c(C[NH+](C)C)c(O)ccc23)cc1. The van der Waals surface area contributed by atoms with E-state index in [1.54, 1.807) is 19.2 Å². The van der Waals surface area contributed by atoms with Crippen LogP contribution in [0.4, 0.5) is 0 Å². The molecule has 0 fully saturated rings. The van der Waals surface area contributed by atoms with Crippen LogP contribution >= 0.6 is 0 Å². The first-order chi connectivity index (χ1) is 11.5. The number of phenolic OH excluding ortho intramolecular Hbond substituents is 1. The van der Waals surface area contributed by atoms with Crippen molar-refractivity contribution in [2.24, 2.45) is 0 Å². The Labute approximate surface area is 139 Å². The second-order valence-electron chi connectivity index (χ2n) is 6.03. The lowest BCUT2D eigenvalue weighted by atomic mass is 9.99. The fourth-order valence-corrected chi connectivity index (χ4v) is 2.81. The van der Waals surface area contributed by atoms with E-state index in [1.807, 2.05) is 38.4 Å². The molecule has 2 aromatic carbocycles. The van der Waals surface area contributed by atoms with Crippen LogP contribution in [-0.2, 0) is 6.54 Å². The van der Waals surface area contributed by atoms with Gasteiger partial charge in [-0.05, 0) is 35.4 Å². The average molecular weight is 326 g/mol. The van der Waals surface area contributed by atoms with E-state index in [1.165, 1.54) is 6.07 Å². The van der Waals surface area contributed by atoms with Gasteiger partial charge in [0.2, 0.25) is 0 Å². The molecule has 2 N–H and O–H groups in total. The molecule has 0 radical (unpaired) electrons. The highest BCUT2D eigenvalue weighted by molar-refractivity contribution is 5.95. The molecule has 1 aromatic heterocycles. The summed E-state index contributed by atoms with van der Waals surface area (Å²) in [6, 6.07) is 12.4. The number of ether oxygens (including phenoxy) is 1. The van der Waals surface area contributed by atoms with Gasteiger partial charge >= 0.3 is 5.63 Å². The molecule has 0 aliphatic rings. The highest BCUT2D eigenvalue weighted by atomic mass is 16.5. The number of quaternary nitrogens is 1. The minimum atomic E-state index is -0.436. The molecule has 0 bridgehead atoms. The van der Waals surface area contributed by atoms with Crippen molar-refractivity contribution in [1.82, 2.24) is 0 Å². The van der Waals surface area contributed by atoms with Crippen LogP contribution in [0.2, 0.25) is 0 Å². The van der Waals surface area contributed by atoms with Gasteiger partial charge in [0.1, 0.15) is 18.0 Å². The second-order valence-corrected chi connectivity index (χ2v) is 6.03. The Morgan fingerprint density at radius 2 is 1.83 bits per heavy atom. The molecule has 1 heterocycles. The van der Waals surface area contributed by atoms with Crippen molar-refractivity contribution in [1.29, 1.82) is 0 Å². The fraction of sp³-hybridized carbons (Fsp3) is 0.211. The summed E-state index contributed by atoms with van der Waals surface area (Å²) in [7, 11) is 5.56. The summed E-state index contributed by atoms with van der Waals surface area (Å²) < 4.78 is 10.6. The van der Waals surface area contributed by atoms with Crippen molar-refractivity contribution in [3.63, 3.8) is 0 Å². The average Bonchev–Trinajstić information content (AvgIpc) is 2.57. The Balaban J connectivity index is 2.27. The van der Waals surface area contributed by atoms with Crippen molar-refractivity contribution < 1.29 is 19.2 Å². The Hall–Kier alpha value is -2.79. The monoisotopic (exact) mass is 326 g/mol. The number of benzene rings is 2. The second kappa shape index (κ2) is 6.37. The summed E-state index contributed by atoms with van der Waals surface area (Å²) in [5.74, 6) is 0.888. The third-order valence-electron chi connectivity index (χ3n) is 3.92. The zero-order valence-electron chi connectivity index (χ0n) is 13.9. The van der Waals surface area contributed by atoms with Gasteiger partial charge in [-0.25, -0.2) is 4.79 Å². The van der Waals surface area contributed by atoms with E-state index in [-0.39, 0.29) is 5.75 Å². The van der Waals surface area contributed by atoms with E-state index in [0.717, 1.165) is 27.2 Å². The first-order valence-corrected chi connectivity index (χ1v) is 7.71. The Morgan fingerprint density at radius 1 is 1.12 bits per heavy atom. The highest BCUT2D eigenvalue weighted by Crippen LogP contribution is 2.33. The number of methoxy groups -OCH3 is 1. The van der Waals surface area contributed by atoms with Crippen LogP contribution in [0.3, 0.4) is 0 Å². The van der Waals surface area contributed by atoms with Gasteiger partial charge < -0.3 is 19.2 Å². The van der Waals surface area contributed by atoms with Gasteiger partial charge in [0, 0.05) is 11.5 Å². The van der Waals surface area contributed by atoms with E-state index in [0.29, 0.717) is 17.7 Å². The standard InChI is InChI=1S/C19H19NO4/c1-20(2)11-16-17(21)9-8-14-15(10-18(22)24-19(14)16)12-4-6-13(23-3)7-5-12/h4-10,21H,11H2,1-3H3/p+1. The van der Waals surface area contributed by atoms with Crippen molar-refractivity contribution in [3.8, 4) is 22.6 Å². The zero-order valence-corrected chi connectivity index (χ0v) is 13.9. The van der Waals surface area contributed by atoms with Gasteiger partial charge in [-0.2, -0.15) is 0 Å². The lowest BCUT2D eigenvalue weighted by Crippen LogP contribution is -3.04. The summed E-state index contributed by atoms with van der Waals surface area (Å²) in [6.45, 7) is 0.554. The maximum Gasteiger partial charge on any atom is 0.336 e. The molecule has 124 valence electrons. The third kappa shape index (κ3) is 2.98. The minimum absolute atomic E-state index is 0.138. The lowest BCUT2D eigenvalue weighted by Gasteiger charge is -2.13. The van der Waals surface area contributed by atoms with E-state index in [4.69, 9.17) is 9.15 Å². The van der Waals surface area contributed by atoms with Crippen molar-refractivity contribution in [2.45, 2.75) is 6.54 Å². The molecule has 3 aromatic rings.